The maximum Gasteiger partial charge on any atom is 0.328 e. The molecule has 2 amide bonds. The Morgan fingerprint density at radius 1 is 0.879 bits per heavy atom. The molecule has 8 nitrogen and oxygen atoms in total. The quantitative estimate of drug-likeness (QED) is 0.425. The number of aromatic amines is 1. The van der Waals surface area contributed by atoms with E-state index in [1.165, 1.54) is 4.57 Å². The number of hydrogen-bond acceptors (Lipinski definition) is 4. The van der Waals surface area contributed by atoms with Gasteiger partial charge in [0.05, 0.1) is 10.9 Å². The van der Waals surface area contributed by atoms with Gasteiger partial charge in [-0.2, -0.15) is 0 Å². The smallest absolute Gasteiger partial charge is 0.326 e. The molecule has 4 rings (SSSR count). The minimum Gasteiger partial charge on any atom is -0.326 e. The molecule has 1 heterocycles. The van der Waals surface area contributed by atoms with Crippen LogP contribution >= 0.6 is 0 Å². The van der Waals surface area contributed by atoms with Gasteiger partial charge in [-0.05, 0) is 48.9 Å². The van der Waals surface area contributed by atoms with E-state index in [1.54, 1.807) is 61.5 Å². The first-order valence-electron chi connectivity index (χ1n) is 10.4. The van der Waals surface area contributed by atoms with Crippen molar-refractivity contribution in [2.24, 2.45) is 0 Å². The van der Waals surface area contributed by atoms with Gasteiger partial charge in [0.2, 0.25) is 5.91 Å². The fourth-order valence-corrected chi connectivity index (χ4v) is 3.63. The molecule has 0 fully saturated rings. The SMILES string of the molecule is Cc1c(NC(=O)CCn2c(=O)[nH]c(=O)c3ccccc32)cccc1C(=O)Nc1ccccc1. The van der Waals surface area contributed by atoms with E-state index < -0.39 is 11.2 Å². The molecule has 1 aromatic heterocycles. The fraction of sp³-hybridized carbons (Fsp3) is 0.120. The lowest BCUT2D eigenvalue weighted by atomic mass is 10.1. The summed E-state index contributed by atoms with van der Waals surface area (Å²) in [5.41, 5.74) is 1.70. The maximum absolute atomic E-state index is 12.7. The molecule has 0 atom stereocenters. The van der Waals surface area contributed by atoms with Crippen LogP contribution in [0.2, 0.25) is 0 Å². The first-order valence-corrected chi connectivity index (χ1v) is 10.4. The van der Waals surface area contributed by atoms with Crippen molar-refractivity contribution in [2.45, 2.75) is 19.9 Å². The van der Waals surface area contributed by atoms with Gasteiger partial charge >= 0.3 is 5.69 Å². The number of anilines is 2. The van der Waals surface area contributed by atoms with Crippen LogP contribution in [0.4, 0.5) is 11.4 Å². The summed E-state index contributed by atoms with van der Waals surface area (Å²) >= 11 is 0. The normalized spacial score (nSPS) is 10.7. The molecule has 4 aromatic rings. The lowest BCUT2D eigenvalue weighted by Crippen LogP contribution is -2.31. The number of para-hydroxylation sites is 2. The summed E-state index contributed by atoms with van der Waals surface area (Å²) in [7, 11) is 0. The van der Waals surface area contributed by atoms with Crippen LogP contribution in [-0.4, -0.2) is 21.4 Å². The Bertz CT molecular complexity index is 1450. The zero-order valence-corrected chi connectivity index (χ0v) is 17.9. The topological polar surface area (TPSA) is 113 Å². The van der Waals surface area contributed by atoms with Crippen molar-refractivity contribution >= 4 is 34.1 Å². The summed E-state index contributed by atoms with van der Waals surface area (Å²) in [6, 6.07) is 20.9. The highest BCUT2D eigenvalue weighted by atomic mass is 16.2. The summed E-state index contributed by atoms with van der Waals surface area (Å²) in [5.74, 6) is -0.595. The Balaban J connectivity index is 1.48. The number of nitrogens with zero attached hydrogens (tertiary/aromatic N) is 1. The average Bonchev–Trinajstić information content (AvgIpc) is 2.81. The number of hydrogen-bond donors (Lipinski definition) is 3. The van der Waals surface area contributed by atoms with Crippen molar-refractivity contribution in [3.05, 3.63) is 105 Å². The van der Waals surface area contributed by atoms with Gasteiger partial charge in [-0.1, -0.05) is 36.4 Å². The van der Waals surface area contributed by atoms with Crippen molar-refractivity contribution in [2.75, 3.05) is 10.6 Å². The summed E-state index contributed by atoms with van der Waals surface area (Å²) < 4.78 is 1.37. The summed E-state index contributed by atoms with van der Waals surface area (Å²) in [6.45, 7) is 1.85. The summed E-state index contributed by atoms with van der Waals surface area (Å²) in [4.78, 5) is 51.9. The van der Waals surface area contributed by atoms with Gasteiger partial charge in [-0.25, -0.2) is 4.79 Å². The minimum atomic E-state index is -0.567. The summed E-state index contributed by atoms with van der Waals surface area (Å²) in [6.07, 6.45) is 0.00975. The lowest BCUT2D eigenvalue weighted by molar-refractivity contribution is -0.116. The Labute approximate surface area is 188 Å². The van der Waals surface area contributed by atoms with Gasteiger partial charge in [0, 0.05) is 29.9 Å². The zero-order valence-electron chi connectivity index (χ0n) is 17.9. The number of H-pyrrole nitrogens is 1. The third-order valence-electron chi connectivity index (χ3n) is 5.35. The molecule has 0 spiro atoms. The number of fused-ring (bicyclic) bond motifs is 1. The van der Waals surface area contributed by atoms with Crippen LogP contribution < -0.4 is 21.9 Å². The van der Waals surface area contributed by atoms with Gasteiger partial charge in [-0.3, -0.25) is 23.9 Å². The van der Waals surface area contributed by atoms with E-state index >= 15 is 0 Å². The third-order valence-corrected chi connectivity index (χ3v) is 5.35. The second-order valence-electron chi connectivity index (χ2n) is 7.52. The van der Waals surface area contributed by atoms with Crippen LogP contribution in [0.15, 0.2) is 82.4 Å². The Hall–Kier alpha value is -4.46. The Kier molecular flexibility index (Phi) is 6.17. The predicted octanol–water partition coefficient (Wildman–Crippen LogP) is 3.28. The van der Waals surface area contributed by atoms with Crippen LogP contribution in [-0.2, 0) is 11.3 Å². The molecule has 0 unspecified atom stereocenters. The molecule has 0 aliphatic heterocycles. The van der Waals surface area contributed by atoms with E-state index in [-0.39, 0.29) is 24.8 Å². The number of carbonyl (C=O) groups excluding carboxylic acids is 2. The van der Waals surface area contributed by atoms with Crippen LogP contribution in [0.5, 0.6) is 0 Å². The number of aromatic nitrogens is 2. The molecule has 3 N–H and O–H groups in total. The second kappa shape index (κ2) is 9.35. The van der Waals surface area contributed by atoms with E-state index in [0.717, 1.165) is 0 Å². The van der Waals surface area contributed by atoms with Gasteiger partial charge in [-0.15, -0.1) is 0 Å². The number of aryl methyl sites for hydroxylation is 1. The highest BCUT2D eigenvalue weighted by Crippen LogP contribution is 2.21. The zero-order chi connectivity index (χ0) is 23.4. The number of nitrogens with one attached hydrogen (secondary N) is 3. The molecule has 0 aliphatic rings. The predicted molar refractivity (Wildman–Crippen MR) is 128 cm³/mol. The molecule has 0 radical (unpaired) electrons. The van der Waals surface area contributed by atoms with Gasteiger partial charge in [0.1, 0.15) is 0 Å². The molecule has 0 bridgehead atoms. The monoisotopic (exact) mass is 442 g/mol. The van der Waals surface area contributed by atoms with Gasteiger partial charge in [0.25, 0.3) is 11.5 Å². The van der Waals surface area contributed by atoms with Gasteiger partial charge in [0.15, 0.2) is 0 Å². The molecular formula is C25H22N4O4. The summed E-state index contributed by atoms with van der Waals surface area (Å²) in [5, 5.41) is 6.03. The van der Waals surface area contributed by atoms with Crippen LogP contribution in [0.3, 0.4) is 0 Å². The van der Waals surface area contributed by atoms with Crippen LogP contribution in [0.1, 0.15) is 22.3 Å². The van der Waals surface area contributed by atoms with Crippen molar-refractivity contribution in [3.63, 3.8) is 0 Å². The van der Waals surface area contributed by atoms with Crippen molar-refractivity contribution in [1.29, 1.82) is 0 Å². The second-order valence-corrected chi connectivity index (χ2v) is 7.52. The number of carbonyl (C=O) groups is 2. The van der Waals surface area contributed by atoms with Gasteiger partial charge < -0.3 is 10.6 Å². The molecule has 33 heavy (non-hydrogen) atoms. The molecule has 166 valence electrons. The highest BCUT2D eigenvalue weighted by Gasteiger charge is 2.14. The molecular weight excluding hydrogens is 420 g/mol. The standard InChI is InChI=1S/C25H22N4O4/c1-16-18(23(31)26-17-8-3-2-4-9-17)11-7-12-20(16)27-22(30)14-15-29-21-13-6-5-10-19(21)24(32)28-25(29)33/h2-13H,14-15H2,1H3,(H,26,31)(H,27,30)(H,28,32,33). The first-order chi connectivity index (χ1) is 15.9. The van der Waals surface area contributed by atoms with E-state index in [2.05, 4.69) is 15.6 Å². The molecule has 0 saturated carbocycles. The van der Waals surface area contributed by atoms with Crippen molar-refractivity contribution in [3.8, 4) is 0 Å². The molecule has 0 saturated heterocycles. The first kappa shape index (κ1) is 21.8. The number of benzene rings is 3. The van der Waals surface area contributed by atoms with Crippen molar-refractivity contribution < 1.29 is 9.59 Å². The molecule has 3 aromatic carbocycles. The largest absolute Gasteiger partial charge is 0.328 e. The van der Waals surface area contributed by atoms with E-state index in [9.17, 15) is 19.2 Å². The van der Waals surface area contributed by atoms with E-state index in [0.29, 0.717) is 33.4 Å². The Morgan fingerprint density at radius 3 is 2.39 bits per heavy atom. The Morgan fingerprint density at radius 2 is 1.61 bits per heavy atom. The van der Waals surface area contributed by atoms with Crippen LogP contribution in [0.25, 0.3) is 10.9 Å². The minimum absolute atomic E-state index is 0.00975. The maximum atomic E-state index is 12.7. The molecule has 8 heteroatoms. The van der Waals surface area contributed by atoms with E-state index in [1.807, 2.05) is 18.2 Å². The van der Waals surface area contributed by atoms with E-state index in [4.69, 9.17) is 0 Å². The van der Waals surface area contributed by atoms with Crippen LogP contribution in [0, 0.1) is 6.92 Å². The number of amides is 2. The third kappa shape index (κ3) is 4.74. The highest BCUT2D eigenvalue weighted by molar-refractivity contribution is 6.06. The lowest BCUT2D eigenvalue weighted by Gasteiger charge is -2.13. The average molecular weight is 442 g/mol. The van der Waals surface area contributed by atoms with Crippen molar-refractivity contribution in [1.82, 2.24) is 9.55 Å². The number of rotatable bonds is 6. The fourth-order valence-electron chi connectivity index (χ4n) is 3.63. The molecule has 0 aliphatic carbocycles.